The van der Waals surface area contributed by atoms with E-state index >= 15 is 0 Å². The fourth-order valence-corrected chi connectivity index (χ4v) is 3.83. The molecule has 1 amide bonds. The number of amides is 1. The van der Waals surface area contributed by atoms with E-state index in [-0.39, 0.29) is 30.3 Å². The van der Waals surface area contributed by atoms with Crippen LogP contribution in [0.2, 0.25) is 0 Å². The normalized spacial score (nSPS) is 16.7. The number of ketones is 1. The van der Waals surface area contributed by atoms with Gasteiger partial charge in [-0.25, -0.2) is 0 Å². The molecule has 27 heavy (non-hydrogen) atoms. The van der Waals surface area contributed by atoms with E-state index in [4.69, 9.17) is 4.74 Å². The van der Waals surface area contributed by atoms with Crippen LogP contribution in [0, 0.1) is 13.8 Å². The van der Waals surface area contributed by atoms with Crippen LogP contribution in [0.5, 0.6) is 5.75 Å². The SMILES string of the molecule is CCC(NC(=O)COc1ccc(C)c2c1C(=O)CC2C)c1ccc(C)cc1. The number of fused-ring (bicyclic) bond motifs is 1. The number of hydrogen-bond donors (Lipinski definition) is 1. The number of carbonyl (C=O) groups excluding carboxylic acids is 2. The first-order valence-corrected chi connectivity index (χ1v) is 9.56. The van der Waals surface area contributed by atoms with E-state index in [0.717, 1.165) is 23.1 Å². The van der Waals surface area contributed by atoms with Crippen LogP contribution in [0.25, 0.3) is 0 Å². The van der Waals surface area contributed by atoms with Crippen molar-refractivity contribution in [2.75, 3.05) is 6.61 Å². The second-order valence-electron chi connectivity index (χ2n) is 7.43. The minimum atomic E-state index is -0.185. The molecule has 0 saturated heterocycles. The van der Waals surface area contributed by atoms with Crippen molar-refractivity contribution in [3.63, 3.8) is 0 Å². The second-order valence-corrected chi connectivity index (χ2v) is 7.43. The summed E-state index contributed by atoms with van der Waals surface area (Å²) >= 11 is 0. The molecule has 0 saturated carbocycles. The Hall–Kier alpha value is -2.62. The van der Waals surface area contributed by atoms with Gasteiger partial charge in [0.05, 0.1) is 11.6 Å². The highest BCUT2D eigenvalue weighted by molar-refractivity contribution is 6.04. The first-order valence-electron chi connectivity index (χ1n) is 9.56. The molecule has 1 aliphatic rings. The molecule has 142 valence electrons. The Balaban J connectivity index is 1.68. The van der Waals surface area contributed by atoms with Gasteiger partial charge in [-0.05, 0) is 48.9 Å². The minimum absolute atomic E-state index is 0.0490. The standard InChI is InChI=1S/C23H27NO3/c1-5-18(17-9-6-14(2)7-10-17)24-21(26)13-27-20-11-8-15(3)22-16(4)12-19(25)23(20)22/h6-11,16,18H,5,12-13H2,1-4H3,(H,24,26). The smallest absolute Gasteiger partial charge is 0.258 e. The van der Waals surface area contributed by atoms with Crippen LogP contribution in [-0.4, -0.2) is 18.3 Å². The molecule has 2 aromatic rings. The summed E-state index contributed by atoms with van der Waals surface area (Å²) in [6, 6.07) is 11.9. The van der Waals surface area contributed by atoms with Crippen molar-refractivity contribution in [2.45, 2.75) is 52.5 Å². The molecule has 3 rings (SSSR count). The van der Waals surface area contributed by atoms with E-state index in [2.05, 4.69) is 12.2 Å². The predicted octanol–water partition coefficient (Wildman–Crippen LogP) is 4.64. The molecule has 2 unspecified atom stereocenters. The minimum Gasteiger partial charge on any atom is -0.483 e. The first kappa shape index (κ1) is 19.2. The average Bonchev–Trinajstić information content (AvgIpc) is 2.95. The number of Topliss-reactive ketones (excluding diaryl/α,β-unsaturated/α-hetero) is 1. The zero-order chi connectivity index (χ0) is 19.6. The fourth-order valence-electron chi connectivity index (χ4n) is 3.83. The van der Waals surface area contributed by atoms with Gasteiger partial charge in [0.2, 0.25) is 0 Å². The maximum Gasteiger partial charge on any atom is 0.258 e. The molecule has 0 bridgehead atoms. The number of benzene rings is 2. The predicted molar refractivity (Wildman–Crippen MR) is 106 cm³/mol. The summed E-state index contributed by atoms with van der Waals surface area (Å²) in [4.78, 5) is 24.8. The molecule has 1 aliphatic carbocycles. The van der Waals surface area contributed by atoms with Crippen LogP contribution in [0.15, 0.2) is 36.4 Å². The number of hydrogen-bond acceptors (Lipinski definition) is 3. The third-order valence-electron chi connectivity index (χ3n) is 5.27. The number of aryl methyl sites for hydroxylation is 2. The van der Waals surface area contributed by atoms with Gasteiger partial charge in [0.1, 0.15) is 5.75 Å². The molecule has 0 aliphatic heterocycles. The number of carbonyl (C=O) groups is 2. The topological polar surface area (TPSA) is 55.4 Å². The summed E-state index contributed by atoms with van der Waals surface area (Å²) in [7, 11) is 0. The van der Waals surface area contributed by atoms with Gasteiger partial charge in [0.25, 0.3) is 5.91 Å². The second kappa shape index (κ2) is 7.95. The summed E-state index contributed by atoms with van der Waals surface area (Å²) in [6.07, 6.45) is 1.30. The van der Waals surface area contributed by atoms with Gasteiger partial charge in [-0.1, -0.05) is 49.7 Å². The molecule has 0 heterocycles. The zero-order valence-corrected chi connectivity index (χ0v) is 16.5. The number of ether oxygens (including phenoxy) is 1. The van der Waals surface area contributed by atoms with E-state index in [1.807, 2.05) is 51.1 Å². The largest absolute Gasteiger partial charge is 0.483 e. The van der Waals surface area contributed by atoms with Gasteiger partial charge < -0.3 is 10.1 Å². The lowest BCUT2D eigenvalue weighted by molar-refractivity contribution is -0.123. The Morgan fingerprint density at radius 2 is 1.89 bits per heavy atom. The average molecular weight is 365 g/mol. The van der Waals surface area contributed by atoms with Gasteiger partial charge in [-0.2, -0.15) is 0 Å². The van der Waals surface area contributed by atoms with Crippen LogP contribution in [0.4, 0.5) is 0 Å². The third kappa shape index (κ3) is 4.05. The van der Waals surface area contributed by atoms with Crippen LogP contribution in [0.1, 0.15) is 71.3 Å². The lowest BCUT2D eigenvalue weighted by atomic mass is 9.97. The van der Waals surface area contributed by atoms with E-state index in [0.29, 0.717) is 17.7 Å². The highest BCUT2D eigenvalue weighted by atomic mass is 16.5. The fraction of sp³-hybridized carbons (Fsp3) is 0.391. The Kier molecular flexibility index (Phi) is 5.64. The molecule has 0 fully saturated rings. The van der Waals surface area contributed by atoms with E-state index in [1.54, 1.807) is 6.07 Å². The van der Waals surface area contributed by atoms with Crippen molar-refractivity contribution in [3.05, 3.63) is 64.2 Å². The van der Waals surface area contributed by atoms with Crippen molar-refractivity contribution in [2.24, 2.45) is 0 Å². The lowest BCUT2D eigenvalue weighted by Crippen LogP contribution is -2.32. The molecule has 2 aromatic carbocycles. The molecule has 0 spiro atoms. The molecule has 0 aromatic heterocycles. The number of rotatable bonds is 6. The van der Waals surface area contributed by atoms with Gasteiger partial charge in [-0.3, -0.25) is 9.59 Å². The Morgan fingerprint density at radius 3 is 2.56 bits per heavy atom. The van der Waals surface area contributed by atoms with Crippen LogP contribution >= 0.6 is 0 Å². The summed E-state index contributed by atoms with van der Waals surface area (Å²) in [5.41, 5.74) is 5.09. The third-order valence-corrected chi connectivity index (χ3v) is 5.27. The van der Waals surface area contributed by atoms with Crippen molar-refractivity contribution in [3.8, 4) is 5.75 Å². The summed E-state index contributed by atoms with van der Waals surface area (Å²) < 4.78 is 5.75. The van der Waals surface area contributed by atoms with Crippen LogP contribution in [-0.2, 0) is 4.79 Å². The molecule has 4 nitrogen and oxygen atoms in total. The van der Waals surface area contributed by atoms with Gasteiger partial charge in [0.15, 0.2) is 12.4 Å². The molecule has 1 N–H and O–H groups in total. The Morgan fingerprint density at radius 1 is 1.19 bits per heavy atom. The van der Waals surface area contributed by atoms with Crippen molar-refractivity contribution in [1.29, 1.82) is 0 Å². The molecule has 0 radical (unpaired) electrons. The first-order chi connectivity index (χ1) is 12.9. The highest BCUT2D eigenvalue weighted by Gasteiger charge is 2.31. The zero-order valence-electron chi connectivity index (χ0n) is 16.5. The summed E-state index contributed by atoms with van der Waals surface area (Å²) in [5, 5.41) is 3.02. The Bertz CT molecular complexity index is 855. The molecular formula is C23H27NO3. The van der Waals surface area contributed by atoms with Crippen molar-refractivity contribution >= 4 is 11.7 Å². The van der Waals surface area contributed by atoms with E-state index in [9.17, 15) is 9.59 Å². The molecule has 4 heteroatoms. The summed E-state index contributed by atoms with van der Waals surface area (Å²) in [6.45, 7) is 8.05. The lowest BCUT2D eigenvalue weighted by Gasteiger charge is -2.18. The molecular weight excluding hydrogens is 338 g/mol. The monoisotopic (exact) mass is 365 g/mol. The van der Waals surface area contributed by atoms with Gasteiger partial charge >= 0.3 is 0 Å². The van der Waals surface area contributed by atoms with Gasteiger partial charge in [0, 0.05) is 6.42 Å². The quantitative estimate of drug-likeness (QED) is 0.811. The highest BCUT2D eigenvalue weighted by Crippen LogP contribution is 2.40. The van der Waals surface area contributed by atoms with E-state index < -0.39 is 0 Å². The van der Waals surface area contributed by atoms with Crippen molar-refractivity contribution in [1.82, 2.24) is 5.32 Å². The van der Waals surface area contributed by atoms with Crippen LogP contribution in [0.3, 0.4) is 0 Å². The molecule has 2 atom stereocenters. The Labute approximate surface area is 160 Å². The number of nitrogens with one attached hydrogen (secondary N) is 1. The van der Waals surface area contributed by atoms with Crippen LogP contribution < -0.4 is 10.1 Å². The maximum atomic E-state index is 12.4. The van der Waals surface area contributed by atoms with Crippen molar-refractivity contribution < 1.29 is 14.3 Å². The maximum absolute atomic E-state index is 12.4. The van der Waals surface area contributed by atoms with Gasteiger partial charge in [-0.15, -0.1) is 0 Å². The van der Waals surface area contributed by atoms with E-state index in [1.165, 1.54) is 5.56 Å². The summed E-state index contributed by atoms with van der Waals surface area (Å²) in [5.74, 6) is 0.636.